The van der Waals surface area contributed by atoms with E-state index in [1.54, 1.807) is 0 Å². The summed E-state index contributed by atoms with van der Waals surface area (Å²) in [6.07, 6.45) is 0. The molecule has 1 heterocycles. The van der Waals surface area contributed by atoms with E-state index in [1.807, 2.05) is 0 Å². The van der Waals surface area contributed by atoms with Gasteiger partial charge < -0.3 is 9.47 Å². The van der Waals surface area contributed by atoms with Crippen molar-refractivity contribution < 1.29 is 22.1 Å². The largest absolute Gasteiger partial charge is 0.425 e. The van der Waals surface area contributed by atoms with Crippen molar-refractivity contribution in [2.75, 3.05) is 20.0 Å². The first-order valence-corrected chi connectivity index (χ1v) is 3.15. The highest BCUT2D eigenvalue weighted by atomic mass is 32.2. The van der Waals surface area contributed by atoms with Gasteiger partial charge in [-0.2, -0.15) is 0 Å². The molecule has 0 bridgehead atoms. The summed E-state index contributed by atoms with van der Waals surface area (Å²) in [5.74, 6) is 0. The predicted octanol–water partition coefficient (Wildman–Crippen LogP) is -1.01. The molecule has 1 saturated heterocycles. The van der Waals surface area contributed by atoms with Gasteiger partial charge in [-0.05, 0) is 0 Å². The zero-order valence-corrected chi connectivity index (χ0v) is 5.39. The van der Waals surface area contributed by atoms with E-state index < -0.39 is 10.6 Å². The van der Waals surface area contributed by atoms with E-state index in [-0.39, 0.29) is 0 Å². The Kier molecular flexibility index (Phi) is 5.38. The fourth-order valence-electron chi connectivity index (χ4n) is 0.295. The van der Waals surface area contributed by atoms with Crippen LogP contribution in [0, 0.1) is 0 Å². The first kappa shape index (κ1) is 8.54. The van der Waals surface area contributed by atoms with Crippen LogP contribution in [0.3, 0.4) is 0 Å². The van der Waals surface area contributed by atoms with Gasteiger partial charge in [0, 0.05) is 0 Å². The zero-order valence-electron chi connectivity index (χ0n) is 4.57. The first-order chi connectivity index (χ1) is 4.23. The van der Waals surface area contributed by atoms with Gasteiger partial charge in [0.25, 0.3) is 0 Å². The highest BCUT2D eigenvalue weighted by molar-refractivity contribution is 7.59. The lowest BCUT2D eigenvalue weighted by molar-refractivity contribution is 0.0692. The molecule has 54 valence electrons. The van der Waals surface area contributed by atoms with E-state index in [0.29, 0.717) is 6.79 Å². The smallest absolute Gasteiger partial charge is 0.353 e. The van der Waals surface area contributed by atoms with Crippen molar-refractivity contribution in [3.05, 3.63) is 0 Å². The molecule has 9 heavy (non-hydrogen) atoms. The van der Waals surface area contributed by atoms with E-state index in [1.165, 1.54) is 0 Å². The van der Waals surface area contributed by atoms with Gasteiger partial charge in [0.1, 0.15) is 6.79 Å². The molecule has 0 atom stereocenters. The monoisotopic (exact) mass is 154 g/mol. The average molecular weight is 154 g/mol. The van der Waals surface area contributed by atoms with Gasteiger partial charge in [0.05, 0.1) is 13.2 Å². The number of hydrogen-bond donors (Lipinski definition) is 0. The Labute approximate surface area is 53.6 Å². The van der Waals surface area contributed by atoms with Crippen LogP contribution in [0.25, 0.3) is 0 Å². The standard InChI is InChI=1S/C3H6O2.O3S/c1-2-5-3-4-1;1-4(2)3/h1-3H2;. The molecule has 0 spiro atoms. The lowest BCUT2D eigenvalue weighted by Crippen LogP contribution is -1.79. The Morgan fingerprint density at radius 3 is 1.44 bits per heavy atom. The van der Waals surface area contributed by atoms with Crippen molar-refractivity contribution in [1.29, 1.82) is 0 Å². The summed E-state index contributed by atoms with van der Waals surface area (Å²) in [4.78, 5) is 0. The van der Waals surface area contributed by atoms with Crippen molar-refractivity contribution in [1.82, 2.24) is 0 Å². The predicted molar refractivity (Wildman–Crippen MR) is 26.5 cm³/mol. The van der Waals surface area contributed by atoms with Crippen LogP contribution in [0.2, 0.25) is 0 Å². The summed E-state index contributed by atoms with van der Waals surface area (Å²) in [5, 5.41) is 0. The van der Waals surface area contributed by atoms with Crippen LogP contribution in [-0.4, -0.2) is 32.6 Å². The summed E-state index contributed by atoms with van der Waals surface area (Å²) < 4.78 is 34.8. The highest BCUT2D eigenvalue weighted by Crippen LogP contribution is 1.85. The third-order valence-corrected chi connectivity index (χ3v) is 0.539. The summed E-state index contributed by atoms with van der Waals surface area (Å²) in [5.41, 5.74) is 0. The number of hydrogen-bond acceptors (Lipinski definition) is 5. The van der Waals surface area contributed by atoms with Crippen LogP contribution in [-0.2, 0) is 20.1 Å². The van der Waals surface area contributed by atoms with Crippen LogP contribution >= 0.6 is 0 Å². The molecule has 0 saturated carbocycles. The Morgan fingerprint density at radius 1 is 1.00 bits per heavy atom. The van der Waals surface area contributed by atoms with Crippen molar-refractivity contribution in [2.45, 2.75) is 0 Å². The molecule has 1 aliphatic heterocycles. The Balaban J connectivity index is 0.000000148. The molecule has 0 N–H and O–H groups in total. The van der Waals surface area contributed by atoms with Crippen molar-refractivity contribution >= 4 is 10.6 Å². The van der Waals surface area contributed by atoms with E-state index >= 15 is 0 Å². The van der Waals surface area contributed by atoms with Crippen LogP contribution in [0.4, 0.5) is 0 Å². The normalized spacial score (nSPS) is 16.0. The van der Waals surface area contributed by atoms with Crippen molar-refractivity contribution in [2.24, 2.45) is 0 Å². The van der Waals surface area contributed by atoms with Gasteiger partial charge >= 0.3 is 10.6 Å². The van der Waals surface area contributed by atoms with Gasteiger partial charge in [0.2, 0.25) is 0 Å². The fourth-order valence-corrected chi connectivity index (χ4v) is 0.295. The first-order valence-electron chi connectivity index (χ1n) is 2.15. The van der Waals surface area contributed by atoms with Crippen LogP contribution in [0.5, 0.6) is 0 Å². The Hall–Kier alpha value is -0.460. The van der Waals surface area contributed by atoms with E-state index in [0.717, 1.165) is 13.2 Å². The quantitative estimate of drug-likeness (QED) is 0.447. The zero-order chi connectivity index (χ0) is 7.11. The molecule has 0 aromatic rings. The van der Waals surface area contributed by atoms with Crippen LogP contribution < -0.4 is 0 Å². The van der Waals surface area contributed by atoms with Crippen molar-refractivity contribution in [3.8, 4) is 0 Å². The summed E-state index contributed by atoms with van der Waals surface area (Å²) in [7, 11) is -3.11. The molecule has 1 aliphatic rings. The average Bonchev–Trinajstić information content (AvgIpc) is 2.11. The molecule has 0 aromatic heterocycles. The maximum atomic E-state index is 8.44. The molecule has 0 amide bonds. The van der Waals surface area contributed by atoms with Crippen molar-refractivity contribution in [3.63, 3.8) is 0 Å². The summed E-state index contributed by atoms with van der Waals surface area (Å²) in [6, 6.07) is 0. The van der Waals surface area contributed by atoms with Crippen LogP contribution in [0.1, 0.15) is 0 Å². The van der Waals surface area contributed by atoms with E-state index in [9.17, 15) is 0 Å². The van der Waals surface area contributed by atoms with Gasteiger partial charge in [-0.15, -0.1) is 12.6 Å². The molecule has 6 heteroatoms. The molecule has 1 rings (SSSR count). The minimum Gasteiger partial charge on any atom is -0.353 e. The van der Waals surface area contributed by atoms with Gasteiger partial charge in [-0.1, -0.05) is 0 Å². The molecular weight excluding hydrogens is 148 g/mol. The summed E-state index contributed by atoms with van der Waals surface area (Å²) in [6.45, 7) is 2.06. The minimum absolute atomic E-state index is 0.500. The lowest BCUT2D eigenvalue weighted by atomic mass is 10.8. The molecular formula is C3H6O5S. The minimum atomic E-state index is -3.11. The Morgan fingerprint density at radius 2 is 1.33 bits per heavy atom. The number of ether oxygens (including phenoxy) is 2. The molecule has 5 nitrogen and oxygen atoms in total. The number of rotatable bonds is 0. The second kappa shape index (κ2) is 5.67. The molecule has 0 unspecified atom stereocenters. The maximum absolute atomic E-state index is 8.44. The second-order valence-corrected chi connectivity index (χ2v) is 1.55. The molecule has 0 aliphatic carbocycles. The SMILES string of the molecule is C1COCO1.O=S(=O)=O. The molecule has 1 fully saturated rings. The Bertz CT molecular complexity index is 126. The topological polar surface area (TPSA) is 69.7 Å². The van der Waals surface area contributed by atoms with Gasteiger partial charge in [-0.3, -0.25) is 0 Å². The second-order valence-electron chi connectivity index (χ2n) is 1.14. The third-order valence-electron chi connectivity index (χ3n) is 0.539. The highest BCUT2D eigenvalue weighted by Gasteiger charge is 1.93. The fraction of sp³-hybridized carbons (Fsp3) is 1.00. The molecule has 0 aromatic carbocycles. The third kappa shape index (κ3) is 11.2. The van der Waals surface area contributed by atoms with Gasteiger partial charge in [0.15, 0.2) is 0 Å². The maximum Gasteiger partial charge on any atom is 0.425 e. The molecule has 0 radical (unpaired) electrons. The summed E-state index contributed by atoms with van der Waals surface area (Å²) >= 11 is 0. The lowest BCUT2D eigenvalue weighted by Gasteiger charge is -1.76. The van der Waals surface area contributed by atoms with E-state index in [2.05, 4.69) is 0 Å². The van der Waals surface area contributed by atoms with Gasteiger partial charge in [-0.25, -0.2) is 0 Å². The van der Waals surface area contributed by atoms with E-state index in [4.69, 9.17) is 22.1 Å². The van der Waals surface area contributed by atoms with Crippen LogP contribution in [0.15, 0.2) is 0 Å².